The summed E-state index contributed by atoms with van der Waals surface area (Å²) in [7, 11) is 0. The molecule has 0 radical (unpaired) electrons. The Bertz CT molecular complexity index is 231. The molecule has 0 bridgehead atoms. The van der Waals surface area contributed by atoms with Crippen molar-refractivity contribution in [1.29, 1.82) is 0 Å². The third-order valence-corrected chi connectivity index (χ3v) is 3.40. The SMILES string of the molecule is CCOCC(C)OCC(CO)(NC(C)C)C1CC1. The summed E-state index contributed by atoms with van der Waals surface area (Å²) >= 11 is 0. The Morgan fingerprint density at radius 1 is 1.33 bits per heavy atom. The smallest absolute Gasteiger partial charge is 0.0781 e. The number of ether oxygens (including phenoxy) is 2. The summed E-state index contributed by atoms with van der Waals surface area (Å²) < 4.78 is 11.2. The van der Waals surface area contributed by atoms with E-state index in [1.807, 2.05) is 13.8 Å². The lowest BCUT2D eigenvalue weighted by Gasteiger charge is -2.36. The van der Waals surface area contributed by atoms with Crippen LogP contribution in [0.2, 0.25) is 0 Å². The zero-order valence-corrected chi connectivity index (χ0v) is 12.2. The maximum Gasteiger partial charge on any atom is 0.0781 e. The first-order valence-corrected chi connectivity index (χ1v) is 7.12. The van der Waals surface area contributed by atoms with Crippen LogP contribution in [0.25, 0.3) is 0 Å². The standard InChI is InChI=1S/C14H29NO3/c1-5-17-8-12(4)18-10-14(9-16,13-6-7-13)15-11(2)3/h11-13,15-16H,5-10H2,1-4H3. The van der Waals surface area contributed by atoms with Crippen molar-refractivity contribution in [2.45, 2.75) is 58.2 Å². The van der Waals surface area contributed by atoms with Crippen LogP contribution in [-0.4, -0.2) is 49.2 Å². The summed E-state index contributed by atoms with van der Waals surface area (Å²) in [6.07, 6.45) is 2.44. The maximum absolute atomic E-state index is 9.75. The van der Waals surface area contributed by atoms with Crippen molar-refractivity contribution in [1.82, 2.24) is 5.32 Å². The molecule has 0 aromatic rings. The van der Waals surface area contributed by atoms with Crippen molar-refractivity contribution in [2.24, 2.45) is 5.92 Å². The van der Waals surface area contributed by atoms with E-state index < -0.39 is 0 Å². The van der Waals surface area contributed by atoms with E-state index in [9.17, 15) is 5.11 Å². The number of nitrogens with one attached hydrogen (secondary N) is 1. The van der Waals surface area contributed by atoms with Crippen LogP contribution in [0.1, 0.15) is 40.5 Å². The van der Waals surface area contributed by atoms with E-state index in [1.54, 1.807) is 0 Å². The topological polar surface area (TPSA) is 50.7 Å². The maximum atomic E-state index is 9.75. The molecule has 0 aromatic heterocycles. The van der Waals surface area contributed by atoms with Crippen molar-refractivity contribution >= 4 is 0 Å². The summed E-state index contributed by atoms with van der Waals surface area (Å²) in [5.74, 6) is 0.546. The molecule has 0 aliphatic heterocycles. The third kappa shape index (κ3) is 4.84. The van der Waals surface area contributed by atoms with E-state index in [1.165, 1.54) is 12.8 Å². The lowest BCUT2D eigenvalue weighted by molar-refractivity contribution is -0.0466. The first-order chi connectivity index (χ1) is 8.54. The van der Waals surface area contributed by atoms with Gasteiger partial charge in [-0.1, -0.05) is 13.8 Å². The van der Waals surface area contributed by atoms with Crippen molar-refractivity contribution in [2.75, 3.05) is 26.4 Å². The van der Waals surface area contributed by atoms with E-state index in [0.29, 0.717) is 31.8 Å². The first kappa shape index (κ1) is 15.9. The van der Waals surface area contributed by atoms with E-state index in [2.05, 4.69) is 19.2 Å². The van der Waals surface area contributed by atoms with Crippen LogP contribution >= 0.6 is 0 Å². The van der Waals surface area contributed by atoms with Gasteiger partial charge in [0.05, 0.1) is 31.5 Å². The molecule has 18 heavy (non-hydrogen) atoms. The molecule has 1 aliphatic carbocycles. The van der Waals surface area contributed by atoms with Crippen molar-refractivity contribution in [3.05, 3.63) is 0 Å². The predicted octanol–water partition coefficient (Wildman–Crippen LogP) is 1.57. The van der Waals surface area contributed by atoms with E-state index in [4.69, 9.17) is 9.47 Å². The summed E-state index contributed by atoms with van der Waals surface area (Å²) in [5.41, 5.74) is -0.269. The highest BCUT2D eigenvalue weighted by atomic mass is 16.5. The van der Waals surface area contributed by atoms with Gasteiger partial charge >= 0.3 is 0 Å². The van der Waals surface area contributed by atoms with Gasteiger partial charge in [-0.05, 0) is 32.6 Å². The van der Waals surface area contributed by atoms with Crippen LogP contribution in [0.3, 0.4) is 0 Å². The van der Waals surface area contributed by atoms with Crippen LogP contribution in [0.5, 0.6) is 0 Å². The second-order valence-corrected chi connectivity index (χ2v) is 5.67. The second kappa shape index (κ2) is 7.43. The van der Waals surface area contributed by atoms with Gasteiger partial charge in [-0.15, -0.1) is 0 Å². The lowest BCUT2D eigenvalue weighted by atomic mass is 9.94. The van der Waals surface area contributed by atoms with Crippen LogP contribution in [-0.2, 0) is 9.47 Å². The molecule has 4 heteroatoms. The van der Waals surface area contributed by atoms with E-state index in [0.717, 1.165) is 0 Å². The molecule has 1 fully saturated rings. The van der Waals surface area contributed by atoms with Gasteiger partial charge in [0.15, 0.2) is 0 Å². The van der Waals surface area contributed by atoms with Crippen LogP contribution in [0, 0.1) is 5.92 Å². The summed E-state index contributed by atoms with van der Waals surface area (Å²) in [4.78, 5) is 0. The van der Waals surface area contributed by atoms with Gasteiger partial charge in [-0.25, -0.2) is 0 Å². The Kier molecular flexibility index (Phi) is 6.57. The van der Waals surface area contributed by atoms with Gasteiger partial charge in [0.2, 0.25) is 0 Å². The number of aliphatic hydroxyl groups is 1. The minimum atomic E-state index is -0.269. The van der Waals surface area contributed by atoms with E-state index in [-0.39, 0.29) is 18.2 Å². The zero-order chi connectivity index (χ0) is 13.6. The van der Waals surface area contributed by atoms with Gasteiger partial charge in [0, 0.05) is 12.6 Å². The molecule has 2 unspecified atom stereocenters. The van der Waals surface area contributed by atoms with Gasteiger partial charge in [-0.2, -0.15) is 0 Å². The van der Waals surface area contributed by atoms with Crippen LogP contribution < -0.4 is 5.32 Å². The Morgan fingerprint density at radius 2 is 2.00 bits per heavy atom. The highest BCUT2D eigenvalue weighted by molar-refractivity contribution is 5.01. The van der Waals surface area contributed by atoms with Crippen molar-refractivity contribution in [3.8, 4) is 0 Å². The summed E-state index contributed by atoms with van der Waals surface area (Å²) in [6, 6.07) is 0.351. The highest BCUT2D eigenvalue weighted by Gasteiger charge is 2.45. The predicted molar refractivity (Wildman–Crippen MR) is 72.7 cm³/mol. The minimum Gasteiger partial charge on any atom is -0.394 e. The van der Waals surface area contributed by atoms with E-state index >= 15 is 0 Å². The molecule has 0 aromatic carbocycles. The fourth-order valence-corrected chi connectivity index (χ4v) is 2.33. The molecule has 108 valence electrons. The molecule has 0 saturated heterocycles. The molecular formula is C14H29NO3. The largest absolute Gasteiger partial charge is 0.394 e. The van der Waals surface area contributed by atoms with Crippen molar-refractivity contribution in [3.63, 3.8) is 0 Å². The van der Waals surface area contributed by atoms with Gasteiger partial charge in [0.1, 0.15) is 0 Å². The molecule has 4 nitrogen and oxygen atoms in total. The van der Waals surface area contributed by atoms with Crippen LogP contribution in [0.4, 0.5) is 0 Å². The molecule has 2 N–H and O–H groups in total. The van der Waals surface area contributed by atoms with Gasteiger partial charge < -0.3 is 19.9 Å². The fraction of sp³-hybridized carbons (Fsp3) is 1.00. The Morgan fingerprint density at radius 3 is 2.44 bits per heavy atom. The number of hydrogen-bond acceptors (Lipinski definition) is 4. The lowest BCUT2D eigenvalue weighted by Crippen LogP contribution is -2.57. The second-order valence-electron chi connectivity index (χ2n) is 5.67. The van der Waals surface area contributed by atoms with Gasteiger partial charge in [-0.3, -0.25) is 0 Å². The quantitative estimate of drug-likeness (QED) is 0.625. The average molecular weight is 259 g/mol. The summed E-state index contributed by atoms with van der Waals surface area (Å²) in [5, 5.41) is 13.3. The molecule has 0 spiro atoms. The molecule has 0 amide bonds. The van der Waals surface area contributed by atoms with Crippen LogP contribution in [0.15, 0.2) is 0 Å². The monoisotopic (exact) mass is 259 g/mol. The molecule has 2 atom stereocenters. The number of rotatable bonds is 10. The minimum absolute atomic E-state index is 0.0728. The van der Waals surface area contributed by atoms with Gasteiger partial charge in [0.25, 0.3) is 0 Å². The molecule has 1 saturated carbocycles. The summed E-state index contributed by atoms with van der Waals surface area (Å²) in [6.45, 7) is 10.2. The number of hydrogen-bond donors (Lipinski definition) is 2. The normalized spacial score (nSPS) is 21.0. The molecule has 0 heterocycles. The molecule has 1 rings (SSSR count). The molecule has 1 aliphatic rings. The first-order valence-electron chi connectivity index (χ1n) is 7.12. The highest BCUT2D eigenvalue weighted by Crippen LogP contribution is 2.40. The Hall–Kier alpha value is -0.160. The zero-order valence-electron chi connectivity index (χ0n) is 12.2. The fourth-order valence-electron chi connectivity index (χ4n) is 2.33. The Labute approximate surface area is 111 Å². The Balaban J connectivity index is 2.45. The average Bonchev–Trinajstić information content (AvgIpc) is 3.15. The number of aliphatic hydroxyl groups excluding tert-OH is 1. The molecular weight excluding hydrogens is 230 g/mol. The van der Waals surface area contributed by atoms with Crippen molar-refractivity contribution < 1.29 is 14.6 Å². The third-order valence-electron chi connectivity index (χ3n) is 3.40.